The number of thiophene rings is 1. The molecule has 1 aromatic carbocycles. The van der Waals surface area contributed by atoms with Gasteiger partial charge in [0.1, 0.15) is 5.75 Å². The normalized spacial score (nSPS) is 18.9. The standard InChI is InChI=1S/C16H16N2O2S2/c1-9(19)15-14(18-5-4-17-16(18)22-15)10-7-12(20-2)11-3-6-21-13(11)8-10/h3,6-9,19H,4-5H2,1-2H3. The van der Waals surface area contributed by atoms with Crippen LogP contribution >= 0.6 is 23.1 Å². The maximum absolute atomic E-state index is 10.1. The molecule has 22 heavy (non-hydrogen) atoms. The summed E-state index contributed by atoms with van der Waals surface area (Å²) in [6.45, 7) is 3.50. The second-order valence-electron chi connectivity index (χ2n) is 5.32. The number of methoxy groups -OCH3 is 1. The van der Waals surface area contributed by atoms with Crippen molar-refractivity contribution in [1.29, 1.82) is 0 Å². The van der Waals surface area contributed by atoms with E-state index in [0.717, 1.165) is 45.6 Å². The van der Waals surface area contributed by atoms with Gasteiger partial charge in [0.05, 0.1) is 25.5 Å². The SMILES string of the molecule is COc1cc(C2=C(C(C)O)SC3=NCCN32)cc2sccc12. The summed E-state index contributed by atoms with van der Waals surface area (Å²) in [5.74, 6) is 0.876. The van der Waals surface area contributed by atoms with E-state index in [2.05, 4.69) is 33.5 Å². The van der Waals surface area contributed by atoms with Gasteiger partial charge in [0, 0.05) is 27.1 Å². The first-order valence-electron chi connectivity index (χ1n) is 7.16. The largest absolute Gasteiger partial charge is 0.496 e. The van der Waals surface area contributed by atoms with E-state index >= 15 is 0 Å². The van der Waals surface area contributed by atoms with Crippen LogP contribution < -0.4 is 4.74 Å². The van der Waals surface area contributed by atoms with Gasteiger partial charge in [-0.15, -0.1) is 11.3 Å². The molecule has 114 valence electrons. The van der Waals surface area contributed by atoms with Gasteiger partial charge in [-0.2, -0.15) is 0 Å². The molecule has 2 aliphatic rings. The first-order valence-corrected chi connectivity index (χ1v) is 8.86. The van der Waals surface area contributed by atoms with Crippen molar-refractivity contribution in [3.63, 3.8) is 0 Å². The Bertz CT molecular complexity index is 808. The van der Waals surface area contributed by atoms with E-state index in [4.69, 9.17) is 4.74 Å². The van der Waals surface area contributed by atoms with Crippen LogP contribution in [0.25, 0.3) is 15.8 Å². The lowest BCUT2D eigenvalue weighted by molar-refractivity contribution is 0.240. The fourth-order valence-corrected chi connectivity index (χ4v) is 4.91. The number of rotatable bonds is 3. The molecular formula is C16H16N2O2S2. The number of fused-ring (bicyclic) bond motifs is 2. The smallest absolute Gasteiger partial charge is 0.168 e. The molecule has 0 bridgehead atoms. The summed E-state index contributed by atoms with van der Waals surface area (Å²) < 4.78 is 6.75. The third-order valence-electron chi connectivity index (χ3n) is 3.91. The summed E-state index contributed by atoms with van der Waals surface area (Å²) in [4.78, 5) is 7.70. The Morgan fingerprint density at radius 2 is 2.27 bits per heavy atom. The van der Waals surface area contributed by atoms with Crippen molar-refractivity contribution in [2.24, 2.45) is 4.99 Å². The zero-order valence-electron chi connectivity index (χ0n) is 12.4. The molecule has 1 aromatic heterocycles. The topological polar surface area (TPSA) is 45.1 Å². The highest BCUT2D eigenvalue weighted by molar-refractivity contribution is 8.17. The Hall–Kier alpha value is -1.50. The number of hydrogen-bond acceptors (Lipinski definition) is 6. The summed E-state index contributed by atoms with van der Waals surface area (Å²) in [5, 5.41) is 14.4. The van der Waals surface area contributed by atoms with Gasteiger partial charge in [0.15, 0.2) is 5.17 Å². The highest BCUT2D eigenvalue weighted by atomic mass is 32.2. The van der Waals surface area contributed by atoms with E-state index in [1.54, 1.807) is 30.2 Å². The van der Waals surface area contributed by atoms with Gasteiger partial charge < -0.3 is 14.7 Å². The molecule has 1 unspecified atom stereocenters. The van der Waals surface area contributed by atoms with E-state index in [1.165, 1.54) is 4.70 Å². The van der Waals surface area contributed by atoms with Crippen LogP contribution in [0.3, 0.4) is 0 Å². The molecule has 0 aliphatic carbocycles. The number of thioether (sulfide) groups is 1. The highest BCUT2D eigenvalue weighted by Crippen LogP contribution is 2.45. The van der Waals surface area contributed by atoms with Gasteiger partial charge in [0.25, 0.3) is 0 Å². The number of nitrogens with zero attached hydrogens (tertiary/aromatic N) is 2. The summed E-state index contributed by atoms with van der Waals surface area (Å²) >= 11 is 3.29. The molecule has 6 heteroatoms. The van der Waals surface area contributed by atoms with Crippen LogP contribution in [0.1, 0.15) is 12.5 Å². The van der Waals surface area contributed by atoms with Gasteiger partial charge >= 0.3 is 0 Å². The highest BCUT2D eigenvalue weighted by Gasteiger charge is 2.35. The van der Waals surface area contributed by atoms with Crippen molar-refractivity contribution in [1.82, 2.24) is 4.90 Å². The van der Waals surface area contributed by atoms with Gasteiger partial charge in [0.2, 0.25) is 0 Å². The first-order chi connectivity index (χ1) is 10.7. The van der Waals surface area contributed by atoms with Crippen LogP contribution in [0.2, 0.25) is 0 Å². The van der Waals surface area contributed by atoms with Crippen molar-refractivity contribution in [2.75, 3.05) is 20.2 Å². The van der Waals surface area contributed by atoms with Crippen LogP contribution in [-0.2, 0) is 0 Å². The Balaban J connectivity index is 1.92. The van der Waals surface area contributed by atoms with Crippen LogP contribution in [0, 0.1) is 0 Å². The van der Waals surface area contributed by atoms with Crippen molar-refractivity contribution >= 4 is 44.0 Å². The molecule has 0 amide bonds. The zero-order chi connectivity index (χ0) is 15.3. The quantitative estimate of drug-likeness (QED) is 0.936. The van der Waals surface area contributed by atoms with E-state index in [-0.39, 0.29) is 0 Å². The average Bonchev–Trinajstić information content (AvgIpc) is 3.19. The number of ether oxygens (including phenoxy) is 1. The van der Waals surface area contributed by atoms with Crippen LogP contribution in [0.15, 0.2) is 33.5 Å². The minimum Gasteiger partial charge on any atom is -0.496 e. The Kier molecular flexibility index (Phi) is 3.40. The predicted octanol–water partition coefficient (Wildman–Crippen LogP) is 3.38. The van der Waals surface area contributed by atoms with Crippen molar-refractivity contribution in [2.45, 2.75) is 13.0 Å². The van der Waals surface area contributed by atoms with Crippen LogP contribution in [0.5, 0.6) is 5.75 Å². The molecule has 2 aromatic rings. The number of amidine groups is 1. The average molecular weight is 332 g/mol. The zero-order valence-corrected chi connectivity index (χ0v) is 14.0. The molecule has 0 fully saturated rings. The summed E-state index contributed by atoms with van der Waals surface area (Å²) in [7, 11) is 1.70. The summed E-state index contributed by atoms with van der Waals surface area (Å²) in [6, 6.07) is 6.33. The third kappa shape index (κ3) is 2.06. The Morgan fingerprint density at radius 1 is 1.41 bits per heavy atom. The third-order valence-corrected chi connectivity index (χ3v) is 6.06. The lowest BCUT2D eigenvalue weighted by atomic mass is 10.1. The molecule has 1 N–H and O–H groups in total. The Labute approximate surface area is 137 Å². The molecule has 3 heterocycles. The van der Waals surface area contributed by atoms with Crippen molar-refractivity contribution < 1.29 is 9.84 Å². The minimum absolute atomic E-state index is 0.502. The minimum atomic E-state index is -0.502. The van der Waals surface area contributed by atoms with Gasteiger partial charge in [-0.3, -0.25) is 4.99 Å². The second kappa shape index (κ2) is 5.30. The Morgan fingerprint density at radius 3 is 3.05 bits per heavy atom. The fourth-order valence-electron chi connectivity index (χ4n) is 2.93. The summed E-state index contributed by atoms with van der Waals surface area (Å²) in [6.07, 6.45) is -0.502. The first kappa shape index (κ1) is 14.1. The molecule has 4 rings (SSSR count). The van der Waals surface area contributed by atoms with Crippen molar-refractivity contribution in [3.8, 4) is 5.75 Å². The predicted molar refractivity (Wildman–Crippen MR) is 93.6 cm³/mol. The van der Waals surface area contributed by atoms with Crippen LogP contribution in [-0.4, -0.2) is 41.5 Å². The molecule has 0 radical (unpaired) electrons. The lowest BCUT2D eigenvalue weighted by Crippen LogP contribution is -2.20. The summed E-state index contributed by atoms with van der Waals surface area (Å²) in [5.41, 5.74) is 2.16. The maximum Gasteiger partial charge on any atom is 0.168 e. The maximum atomic E-state index is 10.1. The lowest BCUT2D eigenvalue weighted by Gasteiger charge is -2.19. The molecular weight excluding hydrogens is 316 g/mol. The van der Waals surface area contributed by atoms with Gasteiger partial charge in [-0.25, -0.2) is 0 Å². The number of aliphatic imine (C=N–C) groups is 1. The second-order valence-corrected chi connectivity index (χ2v) is 7.27. The van der Waals surface area contributed by atoms with E-state index in [0.29, 0.717) is 0 Å². The molecule has 0 saturated heterocycles. The molecule has 0 saturated carbocycles. The fraction of sp³-hybridized carbons (Fsp3) is 0.312. The number of aliphatic hydroxyl groups excluding tert-OH is 1. The van der Waals surface area contributed by atoms with E-state index < -0.39 is 6.10 Å². The molecule has 4 nitrogen and oxygen atoms in total. The van der Waals surface area contributed by atoms with E-state index in [1.807, 2.05) is 6.92 Å². The van der Waals surface area contributed by atoms with Crippen LogP contribution in [0.4, 0.5) is 0 Å². The molecule has 1 atom stereocenters. The van der Waals surface area contributed by atoms with Gasteiger partial charge in [-0.05, 0) is 30.5 Å². The number of hydrogen-bond donors (Lipinski definition) is 1. The monoisotopic (exact) mass is 332 g/mol. The number of benzene rings is 1. The molecule has 0 spiro atoms. The molecule has 2 aliphatic heterocycles. The van der Waals surface area contributed by atoms with Gasteiger partial charge in [-0.1, -0.05) is 11.8 Å². The van der Waals surface area contributed by atoms with Crippen molar-refractivity contribution in [3.05, 3.63) is 34.0 Å². The van der Waals surface area contributed by atoms with E-state index in [9.17, 15) is 5.11 Å². The number of aliphatic hydroxyl groups is 1.